The second-order valence-corrected chi connectivity index (χ2v) is 31.3. The van der Waals surface area contributed by atoms with Crippen LogP contribution in [0, 0.1) is 19.8 Å². The van der Waals surface area contributed by atoms with E-state index in [0.717, 1.165) is 47.7 Å². The second kappa shape index (κ2) is 41.1. The summed E-state index contributed by atoms with van der Waals surface area (Å²) in [4.78, 5) is 125. The molecule has 2 aliphatic heterocycles. The Morgan fingerprint density at radius 1 is 0.656 bits per heavy atom. The Morgan fingerprint density at radius 3 is 1.56 bits per heavy atom. The van der Waals surface area contributed by atoms with Crippen LogP contribution in [0.4, 0.5) is 0 Å². The van der Waals surface area contributed by atoms with Gasteiger partial charge in [0, 0.05) is 68.5 Å². The minimum atomic E-state index is -5.26. The number of rotatable bonds is 50. The molecule has 0 bridgehead atoms. The molecule has 12 atom stereocenters. The summed E-state index contributed by atoms with van der Waals surface area (Å²) in [5.74, 6) is -1.95. The van der Waals surface area contributed by atoms with E-state index in [2.05, 4.69) is 27.5 Å². The van der Waals surface area contributed by atoms with Gasteiger partial charge in [-0.3, -0.25) is 65.5 Å². The lowest BCUT2D eigenvalue weighted by molar-refractivity contribution is -0.870. The number of ether oxygens (including phenoxy) is 2. The molecule has 4 heterocycles. The number of H-pyrrole nitrogens is 2. The lowest BCUT2D eigenvalue weighted by atomic mass is 10.0. The summed E-state index contributed by atoms with van der Waals surface area (Å²) < 4.78 is 103. The Bertz CT molecular complexity index is 3030. The van der Waals surface area contributed by atoms with E-state index < -0.39 is 154 Å². The standard InChI is InChI=1S/C58H105N7O24P4/c1-8-9-10-11-12-13-14-15-16-17-18-19-20-21-22-23-24-25-26-30-51(67)60-46(40-84-91(75,76)81-33-32-65(4,5)6)56(70)59-31-28-27-29-45(38-66)39-83-92(77,78)88-48-35-53(64-37-44(3)55(69)62-58(64)72)87-50(48)42-85-93(79,80)89-47-34-52(86-49(47)41-82-90(7,73)74)63-36-43(2)54(68)61-57(63)71/h36-37,45-50,52-53,66H,8-35,38-42H2,1-7H3,(H7-,59,60,61,62,67,68,69,70,71,72,73,74,75,76,77,78,79,80)/t45?,46-,47+,48+,49+,50+,52+,53+/m0/s1. The third-order valence-corrected chi connectivity index (χ3v) is 19.4. The molecule has 2 aliphatic rings. The number of aliphatic hydroxyl groups is 1. The van der Waals surface area contributed by atoms with Gasteiger partial charge in [-0.25, -0.2) is 18.7 Å². The van der Waals surface area contributed by atoms with Crippen LogP contribution in [0.1, 0.15) is 191 Å². The molecule has 2 fully saturated rings. The van der Waals surface area contributed by atoms with Crippen LogP contribution in [-0.4, -0.2) is 166 Å². The molecule has 31 nitrogen and oxygen atoms in total. The Morgan fingerprint density at radius 2 is 1.11 bits per heavy atom. The lowest BCUT2D eigenvalue weighted by Gasteiger charge is -2.28. The molecule has 2 aromatic heterocycles. The van der Waals surface area contributed by atoms with Crippen molar-refractivity contribution in [1.29, 1.82) is 0 Å². The van der Waals surface area contributed by atoms with E-state index >= 15 is 0 Å². The van der Waals surface area contributed by atoms with Crippen LogP contribution in [0.2, 0.25) is 0 Å². The fraction of sp³-hybridized carbons (Fsp3) is 0.828. The quantitative estimate of drug-likeness (QED) is 0.0198. The minimum absolute atomic E-state index is 0.0315. The van der Waals surface area contributed by atoms with Gasteiger partial charge in [-0.05, 0) is 33.1 Å². The number of nitrogens with one attached hydrogen (secondary N) is 4. The van der Waals surface area contributed by atoms with E-state index in [4.69, 9.17) is 41.1 Å². The van der Waals surface area contributed by atoms with Crippen molar-refractivity contribution in [2.45, 2.75) is 224 Å². The van der Waals surface area contributed by atoms with Crippen LogP contribution in [0.3, 0.4) is 0 Å². The number of hydrogen-bond donors (Lipinski definition) is 8. The van der Waals surface area contributed by atoms with Gasteiger partial charge < -0.3 is 62.8 Å². The fourth-order valence-corrected chi connectivity index (χ4v) is 13.5. The number of carbonyl (C=O) groups is 2. The van der Waals surface area contributed by atoms with Gasteiger partial charge in [0.05, 0.1) is 47.6 Å². The van der Waals surface area contributed by atoms with Crippen LogP contribution < -0.4 is 38.0 Å². The molecule has 0 saturated carbocycles. The van der Waals surface area contributed by atoms with E-state index in [0.29, 0.717) is 23.9 Å². The predicted molar refractivity (Wildman–Crippen MR) is 342 cm³/mol. The maximum atomic E-state index is 13.6. The molecule has 0 radical (unpaired) electrons. The number of aromatic nitrogens is 4. The molecule has 5 unspecified atom stereocenters. The summed E-state index contributed by atoms with van der Waals surface area (Å²) in [6, 6.07) is -1.39. The smallest absolute Gasteiger partial charge is 0.472 e. The van der Waals surface area contributed by atoms with Gasteiger partial charge in [0.15, 0.2) is 0 Å². The number of amides is 2. The highest BCUT2D eigenvalue weighted by Crippen LogP contribution is 2.52. The molecule has 2 saturated heterocycles. The van der Waals surface area contributed by atoms with Crippen molar-refractivity contribution < 1.29 is 98.2 Å². The highest BCUT2D eigenvalue weighted by Gasteiger charge is 2.46. The van der Waals surface area contributed by atoms with E-state index in [1.54, 1.807) is 0 Å². The highest BCUT2D eigenvalue weighted by molar-refractivity contribution is 7.51. The second-order valence-electron chi connectivity index (χ2n) is 25.3. The first-order chi connectivity index (χ1) is 43.8. The molecule has 2 aromatic rings. The van der Waals surface area contributed by atoms with Gasteiger partial charge in [0.1, 0.15) is 56.1 Å². The van der Waals surface area contributed by atoms with Crippen LogP contribution in [0.5, 0.6) is 0 Å². The van der Waals surface area contributed by atoms with Crippen molar-refractivity contribution in [1.82, 2.24) is 29.7 Å². The molecule has 536 valence electrons. The van der Waals surface area contributed by atoms with Gasteiger partial charge in [0.25, 0.3) is 18.9 Å². The van der Waals surface area contributed by atoms with E-state index in [1.165, 1.54) is 110 Å². The first-order valence-corrected chi connectivity index (χ1v) is 39.1. The number of nitrogens with zero attached hydrogens (tertiary/aromatic N) is 3. The molecule has 0 aromatic carbocycles. The maximum Gasteiger partial charge on any atom is 0.472 e. The van der Waals surface area contributed by atoms with Crippen molar-refractivity contribution >= 4 is 42.9 Å². The summed E-state index contributed by atoms with van der Waals surface area (Å²) in [6.07, 6.45) is 16.8. The van der Waals surface area contributed by atoms with Crippen molar-refractivity contribution in [3.8, 4) is 0 Å². The largest absolute Gasteiger partial charge is 0.756 e. The predicted octanol–water partition coefficient (Wildman–Crippen LogP) is 6.52. The topological polar surface area (TPSA) is 423 Å². The minimum Gasteiger partial charge on any atom is -0.756 e. The third kappa shape index (κ3) is 33.2. The number of likely N-dealkylation sites (N-methyl/N-ethyl adjacent to an activating group) is 1. The van der Waals surface area contributed by atoms with Crippen LogP contribution in [0.25, 0.3) is 0 Å². The van der Waals surface area contributed by atoms with Crippen LogP contribution in [-0.2, 0) is 69.0 Å². The molecular formula is C58H105N7O24P4. The first kappa shape index (κ1) is 82.0. The number of unbranched alkanes of at least 4 members (excludes halogenated alkanes) is 19. The maximum absolute atomic E-state index is 13.6. The molecule has 4 rings (SSSR count). The average molecular weight is 1410 g/mol. The average Bonchev–Trinajstić information content (AvgIpc) is 1.69. The molecule has 0 aliphatic carbocycles. The summed E-state index contributed by atoms with van der Waals surface area (Å²) in [7, 11) is -13.9. The Kier molecular flexibility index (Phi) is 36.3. The number of aryl methyl sites for hydroxylation is 2. The molecule has 0 spiro atoms. The number of phosphoric acid groups is 3. The normalized spacial score (nSPS) is 21.8. The zero-order valence-corrected chi connectivity index (χ0v) is 58.8. The highest BCUT2D eigenvalue weighted by atomic mass is 31.2. The van der Waals surface area contributed by atoms with Crippen molar-refractivity contribution in [2.75, 3.05) is 80.5 Å². The Balaban J connectivity index is 1.27. The lowest BCUT2D eigenvalue weighted by Crippen LogP contribution is -2.49. The van der Waals surface area contributed by atoms with Gasteiger partial charge in [-0.1, -0.05) is 129 Å². The third-order valence-electron chi connectivity index (χ3n) is 15.8. The van der Waals surface area contributed by atoms with Gasteiger partial charge in [-0.15, -0.1) is 0 Å². The number of aliphatic hydroxyl groups excluding tert-OH is 1. The number of quaternary nitrogens is 1. The Labute approximate surface area is 544 Å². The van der Waals surface area contributed by atoms with Crippen LogP contribution >= 0.6 is 31.1 Å². The summed E-state index contributed by atoms with van der Waals surface area (Å²) in [6.45, 7) is 2.72. The van der Waals surface area contributed by atoms with E-state index in [1.807, 2.05) is 21.1 Å². The SMILES string of the molecule is CCCCCCCCCCCCCCCCCCCCCC(=O)N[C@@H](COP(=O)([O-])OCC[N+](C)(C)C)C(=O)NCCCCC(CO)COP(=O)(O)O[C@@H]1C[C@H](n2cc(C)c(=O)[nH]c2=O)O[C@@H]1COP(=O)(O)O[C@@H]1C[C@H](n2cc(C)c(=O)[nH]c2=O)O[C@@H]1COP(C)(=O)O. The summed E-state index contributed by atoms with van der Waals surface area (Å²) in [5, 5.41) is 15.5. The molecular weight excluding hydrogens is 1300 g/mol. The Hall–Kier alpha value is -3.38. The first-order valence-electron chi connectivity index (χ1n) is 32.6. The number of aromatic amines is 2. The number of phosphoric ester groups is 3. The van der Waals surface area contributed by atoms with Gasteiger partial charge >= 0.3 is 34.6 Å². The fourth-order valence-electron chi connectivity index (χ4n) is 10.4. The van der Waals surface area contributed by atoms with Crippen molar-refractivity contribution in [3.05, 3.63) is 65.2 Å². The van der Waals surface area contributed by atoms with E-state index in [-0.39, 0.29) is 50.0 Å². The van der Waals surface area contributed by atoms with Gasteiger partial charge in [-0.2, -0.15) is 0 Å². The number of carbonyl (C=O) groups excluding carboxylic acids is 2. The van der Waals surface area contributed by atoms with Crippen molar-refractivity contribution in [2.24, 2.45) is 5.92 Å². The van der Waals surface area contributed by atoms with Crippen molar-refractivity contribution in [3.63, 3.8) is 0 Å². The number of hydrogen-bond acceptors (Lipinski definition) is 21. The monoisotopic (exact) mass is 1410 g/mol. The zero-order valence-electron chi connectivity index (χ0n) is 55.2. The molecule has 93 heavy (non-hydrogen) atoms. The summed E-state index contributed by atoms with van der Waals surface area (Å²) >= 11 is 0. The zero-order chi connectivity index (χ0) is 68.8. The molecule has 8 N–H and O–H groups in total. The van der Waals surface area contributed by atoms with E-state index in [9.17, 15) is 71.7 Å². The van der Waals surface area contributed by atoms with Gasteiger partial charge in [0.2, 0.25) is 11.8 Å². The molecule has 2 amide bonds. The molecule has 35 heteroatoms. The summed E-state index contributed by atoms with van der Waals surface area (Å²) in [5.41, 5.74) is -3.05. The van der Waals surface area contributed by atoms with Crippen LogP contribution in [0.15, 0.2) is 31.6 Å².